The highest BCUT2D eigenvalue weighted by Gasteiger charge is 2.17. The van der Waals surface area contributed by atoms with Gasteiger partial charge in [-0.25, -0.2) is 4.98 Å². The Morgan fingerprint density at radius 2 is 2.00 bits per heavy atom. The van der Waals surface area contributed by atoms with Crippen LogP contribution in [0.25, 0.3) is 0 Å². The van der Waals surface area contributed by atoms with E-state index in [0.717, 1.165) is 0 Å². The van der Waals surface area contributed by atoms with Crippen molar-refractivity contribution in [2.45, 2.75) is 0 Å². The number of benzene rings is 1. The van der Waals surface area contributed by atoms with E-state index >= 15 is 0 Å². The molecule has 8 heteroatoms. The molecule has 1 aromatic heterocycles. The summed E-state index contributed by atoms with van der Waals surface area (Å²) in [4.78, 5) is 26.3. The molecule has 102 valence electrons. The summed E-state index contributed by atoms with van der Waals surface area (Å²) in [5.74, 6) is -0.463. The normalized spacial score (nSPS) is 10.1. The second-order valence-corrected chi connectivity index (χ2v) is 5.47. The molecule has 0 saturated carbocycles. The lowest BCUT2D eigenvalue weighted by atomic mass is 10.2. The number of anilines is 1. The van der Waals surface area contributed by atoms with Gasteiger partial charge in [-0.05, 0) is 40.2 Å². The Bertz CT molecular complexity index is 674. The lowest BCUT2D eigenvalue weighted by molar-refractivity contribution is -0.384. The molecular weight excluding hydrogens is 394 g/mol. The topological polar surface area (TPSA) is 85.1 Å². The summed E-state index contributed by atoms with van der Waals surface area (Å²) in [5, 5.41) is 13.4. The van der Waals surface area contributed by atoms with E-state index in [9.17, 15) is 14.9 Å². The Labute approximate surface area is 130 Å². The van der Waals surface area contributed by atoms with Gasteiger partial charge < -0.3 is 5.32 Å². The molecule has 0 unspecified atom stereocenters. The molecule has 0 bridgehead atoms. The maximum atomic E-state index is 12.0. The SMILES string of the molecule is O=C(Nc1ccc(Br)cc1[N+](=O)[O-])c1ccc(Br)nc1. The Morgan fingerprint density at radius 3 is 2.60 bits per heavy atom. The molecule has 0 aliphatic rings. The van der Waals surface area contributed by atoms with E-state index in [1.165, 1.54) is 18.3 Å². The van der Waals surface area contributed by atoms with Crippen LogP contribution in [0.3, 0.4) is 0 Å². The second-order valence-electron chi connectivity index (χ2n) is 3.74. The van der Waals surface area contributed by atoms with Crippen molar-refractivity contribution in [2.75, 3.05) is 5.32 Å². The minimum absolute atomic E-state index is 0.131. The third-order valence-corrected chi connectivity index (χ3v) is 3.36. The van der Waals surface area contributed by atoms with Gasteiger partial charge in [0.25, 0.3) is 11.6 Å². The number of hydrogen-bond donors (Lipinski definition) is 1. The van der Waals surface area contributed by atoms with Crippen LogP contribution in [0.1, 0.15) is 10.4 Å². The van der Waals surface area contributed by atoms with Crippen molar-refractivity contribution >= 4 is 49.1 Å². The highest BCUT2D eigenvalue weighted by molar-refractivity contribution is 9.10. The first kappa shape index (κ1) is 14.6. The first-order valence-electron chi connectivity index (χ1n) is 5.34. The third kappa shape index (κ3) is 3.40. The Balaban J connectivity index is 2.28. The van der Waals surface area contributed by atoms with E-state index < -0.39 is 10.8 Å². The molecule has 0 fully saturated rings. The van der Waals surface area contributed by atoms with E-state index in [1.54, 1.807) is 18.2 Å². The molecule has 1 heterocycles. The number of nitrogens with one attached hydrogen (secondary N) is 1. The Hall–Kier alpha value is -1.80. The van der Waals surface area contributed by atoms with Crippen LogP contribution < -0.4 is 5.32 Å². The summed E-state index contributed by atoms with van der Waals surface area (Å²) in [5.41, 5.74) is 0.259. The lowest BCUT2D eigenvalue weighted by Gasteiger charge is -2.06. The fraction of sp³-hybridized carbons (Fsp3) is 0. The fourth-order valence-electron chi connectivity index (χ4n) is 1.47. The average Bonchev–Trinajstić information content (AvgIpc) is 2.41. The number of amides is 1. The van der Waals surface area contributed by atoms with E-state index in [2.05, 4.69) is 42.2 Å². The van der Waals surface area contributed by atoms with Crippen molar-refractivity contribution < 1.29 is 9.72 Å². The highest BCUT2D eigenvalue weighted by Crippen LogP contribution is 2.28. The first-order valence-corrected chi connectivity index (χ1v) is 6.93. The molecule has 2 rings (SSSR count). The van der Waals surface area contributed by atoms with Gasteiger partial charge in [-0.1, -0.05) is 15.9 Å². The van der Waals surface area contributed by atoms with E-state index in [-0.39, 0.29) is 11.4 Å². The number of carbonyl (C=O) groups excluding carboxylic acids is 1. The summed E-state index contributed by atoms with van der Waals surface area (Å²) in [7, 11) is 0. The number of carbonyl (C=O) groups is 1. The molecule has 1 aromatic carbocycles. The van der Waals surface area contributed by atoms with Crippen LogP contribution >= 0.6 is 31.9 Å². The molecule has 2 aromatic rings. The molecule has 0 saturated heterocycles. The molecule has 0 spiro atoms. The smallest absolute Gasteiger partial charge is 0.293 e. The van der Waals surface area contributed by atoms with Gasteiger partial charge in [0.15, 0.2) is 0 Å². The van der Waals surface area contributed by atoms with Crippen molar-refractivity contribution in [1.82, 2.24) is 4.98 Å². The second kappa shape index (κ2) is 6.10. The molecule has 0 radical (unpaired) electrons. The van der Waals surface area contributed by atoms with E-state index in [4.69, 9.17) is 0 Å². The zero-order valence-electron chi connectivity index (χ0n) is 9.84. The Morgan fingerprint density at radius 1 is 1.25 bits per heavy atom. The predicted molar refractivity (Wildman–Crippen MR) is 80.7 cm³/mol. The number of nitro groups is 1. The van der Waals surface area contributed by atoms with Gasteiger partial charge in [0.05, 0.1) is 10.5 Å². The largest absolute Gasteiger partial charge is 0.316 e. The average molecular weight is 401 g/mol. The van der Waals surface area contributed by atoms with Gasteiger partial charge >= 0.3 is 0 Å². The zero-order chi connectivity index (χ0) is 14.7. The molecule has 20 heavy (non-hydrogen) atoms. The monoisotopic (exact) mass is 399 g/mol. The number of halogens is 2. The summed E-state index contributed by atoms with van der Waals surface area (Å²) in [6.45, 7) is 0. The first-order chi connectivity index (χ1) is 9.47. The van der Waals surface area contributed by atoms with Crippen molar-refractivity contribution in [3.63, 3.8) is 0 Å². The molecule has 1 N–H and O–H groups in total. The number of aromatic nitrogens is 1. The van der Waals surface area contributed by atoms with Crippen molar-refractivity contribution in [3.05, 3.63) is 61.3 Å². The molecule has 0 aliphatic heterocycles. The van der Waals surface area contributed by atoms with Gasteiger partial charge in [-0.2, -0.15) is 0 Å². The number of pyridine rings is 1. The van der Waals surface area contributed by atoms with Gasteiger partial charge in [-0.3, -0.25) is 14.9 Å². The molecule has 0 aliphatic carbocycles. The van der Waals surface area contributed by atoms with E-state index in [1.807, 2.05) is 0 Å². The predicted octanol–water partition coefficient (Wildman–Crippen LogP) is 3.77. The quantitative estimate of drug-likeness (QED) is 0.482. The molecule has 0 atom stereocenters. The van der Waals surface area contributed by atoms with Crippen molar-refractivity contribution in [1.29, 1.82) is 0 Å². The number of hydrogen-bond acceptors (Lipinski definition) is 4. The summed E-state index contributed by atoms with van der Waals surface area (Å²) < 4.78 is 1.16. The minimum Gasteiger partial charge on any atom is -0.316 e. The van der Waals surface area contributed by atoms with Crippen LogP contribution in [0.2, 0.25) is 0 Å². The number of rotatable bonds is 3. The van der Waals surface area contributed by atoms with Crippen LogP contribution in [0.15, 0.2) is 45.6 Å². The number of nitrogens with zero attached hydrogens (tertiary/aromatic N) is 2. The highest BCUT2D eigenvalue weighted by atomic mass is 79.9. The van der Waals surface area contributed by atoms with Crippen molar-refractivity contribution in [3.8, 4) is 0 Å². The summed E-state index contributed by atoms with van der Waals surface area (Å²) in [6, 6.07) is 7.59. The number of nitro benzene ring substituents is 1. The summed E-state index contributed by atoms with van der Waals surface area (Å²) in [6.07, 6.45) is 1.38. The van der Waals surface area contributed by atoms with Gasteiger partial charge in [-0.15, -0.1) is 0 Å². The third-order valence-electron chi connectivity index (χ3n) is 2.39. The van der Waals surface area contributed by atoms with Crippen LogP contribution in [-0.4, -0.2) is 15.8 Å². The van der Waals surface area contributed by atoms with E-state index in [0.29, 0.717) is 14.6 Å². The summed E-state index contributed by atoms with van der Waals surface area (Å²) >= 11 is 6.31. The lowest BCUT2D eigenvalue weighted by Crippen LogP contribution is -2.13. The van der Waals surface area contributed by atoms with Gasteiger partial charge in [0.2, 0.25) is 0 Å². The molecular formula is C12H7Br2N3O3. The maximum Gasteiger partial charge on any atom is 0.293 e. The molecule has 6 nitrogen and oxygen atoms in total. The van der Waals surface area contributed by atoms with Crippen molar-refractivity contribution in [2.24, 2.45) is 0 Å². The van der Waals surface area contributed by atoms with Crippen LogP contribution in [-0.2, 0) is 0 Å². The maximum absolute atomic E-state index is 12.0. The Kier molecular flexibility index (Phi) is 4.46. The van der Waals surface area contributed by atoms with Gasteiger partial charge in [0, 0.05) is 16.7 Å². The standard InChI is InChI=1S/C12H7Br2N3O3/c13-8-2-3-9(10(5-8)17(19)20)16-12(18)7-1-4-11(14)15-6-7/h1-6H,(H,16,18). The van der Waals surface area contributed by atoms with Crippen LogP contribution in [0.5, 0.6) is 0 Å². The fourth-order valence-corrected chi connectivity index (χ4v) is 2.05. The van der Waals surface area contributed by atoms with Gasteiger partial charge in [0.1, 0.15) is 10.3 Å². The van der Waals surface area contributed by atoms with Crippen LogP contribution in [0.4, 0.5) is 11.4 Å². The zero-order valence-corrected chi connectivity index (χ0v) is 13.0. The minimum atomic E-state index is -0.555. The van der Waals surface area contributed by atoms with Crippen LogP contribution in [0, 0.1) is 10.1 Å². The molecule has 1 amide bonds.